The normalized spacial score (nSPS) is 18.7. The zero-order chi connectivity index (χ0) is 30.4. The van der Waals surface area contributed by atoms with E-state index in [-0.39, 0.29) is 65.3 Å². The number of esters is 1. The van der Waals surface area contributed by atoms with E-state index >= 15 is 0 Å². The zero-order valence-corrected chi connectivity index (χ0v) is 24.8. The lowest BCUT2D eigenvalue weighted by Gasteiger charge is -2.43. The van der Waals surface area contributed by atoms with Crippen LogP contribution in [0.5, 0.6) is 5.75 Å². The first-order valence-corrected chi connectivity index (χ1v) is 14.7. The molecule has 0 bridgehead atoms. The van der Waals surface area contributed by atoms with Gasteiger partial charge in [-0.25, -0.2) is 4.39 Å². The van der Waals surface area contributed by atoms with Crippen LogP contribution in [0.25, 0.3) is 0 Å². The number of rotatable bonds is 11. The van der Waals surface area contributed by atoms with E-state index in [9.17, 15) is 22.8 Å². The van der Waals surface area contributed by atoms with Gasteiger partial charge in [-0.2, -0.15) is 13.9 Å². The van der Waals surface area contributed by atoms with Crippen LogP contribution in [0.15, 0.2) is 24.4 Å². The number of aromatic nitrogens is 2. The fourth-order valence-corrected chi connectivity index (χ4v) is 6.10. The minimum Gasteiger partial charge on any atom is -0.466 e. The first-order valence-electron chi connectivity index (χ1n) is 14.3. The quantitative estimate of drug-likeness (QED) is 0.337. The lowest BCUT2D eigenvalue weighted by atomic mass is 9.82. The molecule has 2 saturated heterocycles. The number of ether oxygens (including phenoxy) is 3. The number of anilines is 1. The summed E-state index contributed by atoms with van der Waals surface area (Å²) < 4.78 is 58.1. The summed E-state index contributed by atoms with van der Waals surface area (Å²) >= 11 is 5.98. The first kappa shape index (κ1) is 32.1. The van der Waals surface area contributed by atoms with Gasteiger partial charge in [0, 0.05) is 43.9 Å². The number of amides is 1. The molecule has 1 aromatic heterocycles. The van der Waals surface area contributed by atoms with Crippen molar-refractivity contribution in [3.8, 4) is 5.75 Å². The molecule has 2 aromatic rings. The monoisotopic (exact) mass is 614 g/mol. The summed E-state index contributed by atoms with van der Waals surface area (Å²) in [6, 6.07) is 4.02. The molecular weight excluding hydrogens is 577 g/mol. The highest BCUT2D eigenvalue weighted by atomic mass is 35.5. The van der Waals surface area contributed by atoms with Crippen LogP contribution < -0.4 is 10.1 Å². The Labute approximate surface area is 248 Å². The number of piperidine rings is 1. The molecule has 0 aliphatic carbocycles. The van der Waals surface area contributed by atoms with Crippen LogP contribution in [-0.4, -0.2) is 72.6 Å². The van der Waals surface area contributed by atoms with E-state index in [1.807, 2.05) is 13.8 Å². The maximum Gasteiger partial charge on any atom is 0.387 e. The van der Waals surface area contributed by atoms with E-state index in [2.05, 4.69) is 20.1 Å². The third kappa shape index (κ3) is 7.20. The lowest BCUT2D eigenvalue weighted by molar-refractivity contribution is -0.152. The van der Waals surface area contributed by atoms with Gasteiger partial charge in [0.2, 0.25) is 0 Å². The molecule has 13 heteroatoms. The maximum absolute atomic E-state index is 14.9. The summed E-state index contributed by atoms with van der Waals surface area (Å²) in [7, 11) is 0. The minimum atomic E-state index is -3.13. The first-order chi connectivity index (χ1) is 20.1. The van der Waals surface area contributed by atoms with Crippen molar-refractivity contribution < 1.29 is 37.0 Å². The molecule has 1 amide bonds. The van der Waals surface area contributed by atoms with Crippen molar-refractivity contribution in [3.05, 3.63) is 40.9 Å². The van der Waals surface area contributed by atoms with Gasteiger partial charge in [0.05, 0.1) is 30.1 Å². The number of benzene rings is 1. The van der Waals surface area contributed by atoms with Gasteiger partial charge in [0.25, 0.3) is 5.91 Å². The topological polar surface area (TPSA) is 94.9 Å². The Morgan fingerprint density at radius 3 is 2.52 bits per heavy atom. The molecule has 4 rings (SSSR count). The largest absolute Gasteiger partial charge is 0.466 e. The van der Waals surface area contributed by atoms with Crippen LogP contribution in [0.3, 0.4) is 0 Å². The van der Waals surface area contributed by atoms with Gasteiger partial charge in [0.1, 0.15) is 5.54 Å². The number of hydrogen-bond donors (Lipinski definition) is 1. The van der Waals surface area contributed by atoms with Gasteiger partial charge >= 0.3 is 12.6 Å². The molecule has 2 fully saturated rings. The number of nitrogens with zero attached hydrogens (tertiary/aromatic N) is 3. The van der Waals surface area contributed by atoms with E-state index in [1.165, 1.54) is 22.9 Å². The second kappa shape index (κ2) is 14.1. The predicted octanol–water partition coefficient (Wildman–Crippen LogP) is 5.44. The van der Waals surface area contributed by atoms with E-state index in [1.54, 1.807) is 6.92 Å². The van der Waals surface area contributed by atoms with Crippen LogP contribution in [0.2, 0.25) is 5.02 Å². The van der Waals surface area contributed by atoms with Crippen molar-refractivity contribution in [1.82, 2.24) is 14.7 Å². The third-order valence-corrected chi connectivity index (χ3v) is 8.34. The van der Waals surface area contributed by atoms with E-state index < -0.39 is 23.9 Å². The zero-order valence-electron chi connectivity index (χ0n) is 24.1. The van der Waals surface area contributed by atoms with Crippen LogP contribution in [0.4, 0.5) is 18.9 Å². The van der Waals surface area contributed by atoms with Gasteiger partial charge < -0.3 is 24.4 Å². The Morgan fingerprint density at radius 2 is 1.90 bits per heavy atom. The molecule has 1 aromatic carbocycles. The van der Waals surface area contributed by atoms with Crippen LogP contribution in [-0.2, 0) is 24.6 Å². The average molecular weight is 615 g/mol. The van der Waals surface area contributed by atoms with Crippen LogP contribution in [0, 0.1) is 17.7 Å². The average Bonchev–Trinajstić information content (AvgIpc) is 3.35. The van der Waals surface area contributed by atoms with Gasteiger partial charge in [-0.3, -0.25) is 14.3 Å². The fourth-order valence-electron chi connectivity index (χ4n) is 5.93. The Bertz CT molecular complexity index is 1230. The van der Waals surface area contributed by atoms with Crippen molar-refractivity contribution in [2.45, 2.75) is 64.5 Å². The van der Waals surface area contributed by atoms with Crippen molar-refractivity contribution in [2.24, 2.45) is 11.8 Å². The molecule has 2 aliphatic rings. The summed E-state index contributed by atoms with van der Waals surface area (Å²) in [6.45, 7) is 5.00. The molecule has 0 spiro atoms. The van der Waals surface area contributed by atoms with Crippen molar-refractivity contribution >= 4 is 29.2 Å². The molecule has 0 unspecified atom stereocenters. The highest BCUT2D eigenvalue weighted by Gasteiger charge is 2.47. The second-order valence-corrected chi connectivity index (χ2v) is 11.5. The van der Waals surface area contributed by atoms with Crippen molar-refractivity contribution in [1.29, 1.82) is 0 Å². The summed E-state index contributed by atoms with van der Waals surface area (Å²) in [4.78, 5) is 29.2. The number of halogens is 4. The van der Waals surface area contributed by atoms with Gasteiger partial charge in [-0.1, -0.05) is 25.4 Å². The Hall–Kier alpha value is -2.83. The van der Waals surface area contributed by atoms with Crippen LogP contribution in [0.1, 0.15) is 58.1 Å². The standard InChI is InChI=1S/C29H38ClF3N4O5/c1-4-41-26(38)21(19-7-13-40-14-8-19)17-36-11-9-29(10-12-36,37-25(18(2)3)22(31)16-34-37)27(39)35-23-6-5-20(30)15-24(23)42-28(32)33/h5-6,15-16,18-19,21,28H,4,7-14,17H2,1-3H3,(H,35,39)/t21-/m0/s1. The maximum atomic E-state index is 14.9. The SMILES string of the molecule is CCOC(=O)[C@@H](CN1CCC(C(=O)Nc2ccc(Cl)cc2OC(F)F)(n2ncc(F)c2C(C)C)CC1)C1CCOCC1. The van der Waals surface area contributed by atoms with Gasteiger partial charge in [-0.15, -0.1) is 0 Å². The molecule has 0 radical (unpaired) electrons. The summed E-state index contributed by atoms with van der Waals surface area (Å²) in [6.07, 6.45) is 3.09. The van der Waals surface area contributed by atoms with E-state index in [4.69, 9.17) is 21.1 Å². The van der Waals surface area contributed by atoms with Crippen LogP contribution >= 0.6 is 11.6 Å². The molecule has 9 nitrogen and oxygen atoms in total. The number of hydrogen-bond acceptors (Lipinski definition) is 7. The van der Waals surface area contributed by atoms with E-state index in [0.717, 1.165) is 19.0 Å². The van der Waals surface area contributed by atoms with Crippen molar-refractivity contribution in [2.75, 3.05) is 44.8 Å². The Kier molecular flexibility index (Phi) is 10.8. The molecule has 2 aliphatic heterocycles. The minimum absolute atomic E-state index is 0.00659. The Balaban J connectivity index is 1.61. The Morgan fingerprint density at radius 1 is 1.21 bits per heavy atom. The fraction of sp³-hybridized carbons (Fsp3) is 0.621. The molecule has 42 heavy (non-hydrogen) atoms. The molecule has 0 saturated carbocycles. The number of carbonyl (C=O) groups excluding carboxylic acids is 2. The summed E-state index contributed by atoms with van der Waals surface area (Å²) in [5.74, 6) is -2.11. The molecule has 232 valence electrons. The highest BCUT2D eigenvalue weighted by Crippen LogP contribution is 2.38. The molecule has 1 atom stereocenters. The second-order valence-electron chi connectivity index (χ2n) is 11.1. The number of nitrogens with one attached hydrogen (secondary N) is 1. The number of carbonyl (C=O) groups is 2. The third-order valence-electron chi connectivity index (χ3n) is 8.10. The molecule has 1 N–H and O–H groups in total. The van der Waals surface area contributed by atoms with E-state index in [0.29, 0.717) is 32.8 Å². The van der Waals surface area contributed by atoms with Crippen molar-refractivity contribution in [3.63, 3.8) is 0 Å². The summed E-state index contributed by atoms with van der Waals surface area (Å²) in [5.41, 5.74) is -1.06. The van der Waals surface area contributed by atoms with Gasteiger partial charge in [-0.05, 0) is 56.6 Å². The number of likely N-dealkylation sites (tertiary alicyclic amines) is 1. The number of alkyl halides is 2. The molecule has 3 heterocycles. The van der Waals surface area contributed by atoms with Gasteiger partial charge in [0.15, 0.2) is 11.6 Å². The highest BCUT2D eigenvalue weighted by molar-refractivity contribution is 6.30. The molecular formula is C29H38ClF3N4O5. The lowest BCUT2D eigenvalue weighted by Crippen LogP contribution is -2.55. The smallest absolute Gasteiger partial charge is 0.387 e. The predicted molar refractivity (Wildman–Crippen MR) is 150 cm³/mol. The summed E-state index contributed by atoms with van der Waals surface area (Å²) in [5, 5.41) is 7.17.